The molecule has 0 spiro atoms. The molecule has 116 valence electrons. The number of nitriles is 1. The Morgan fingerprint density at radius 2 is 1.70 bits per heavy atom. The minimum Gasteiger partial charge on any atom is -0.459 e. The van der Waals surface area contributed by atoms with Crippen molar-refractivity contribution < 1.29 is 17.9 Å². The van der Waals surface area contributed by atoms with Crippen LogP contribution in [0.4, 0.5) is 0 Å². The van der Waals surface area contributed by atoms with Crippen LogP contribution in [0.1, 0.15) is 53.9 Å². The van der Waals surface area contributed by atoms with E-state index in [2.05, 4.69) is 6.07 Å². The summed E-state index contributed by atoms with van der Waals surface area (Å²) in [6.45, 7) is 8.73. The quantitative estimate of drug-likeness (QED) is 0.533. The summed E-state index contributed by atoms with van der Waals surface area (Å²) in [6.07, 6.45) is 1.75. The number of hydrogen-bond donors (Lipinski definition) is 0. The number of rotatable bonds is 7. The van der Waals surface area contributed by atoms with Crippen molar-refractivity contribution in [3.63, 3.8) is 0 Å². The second-order valence-corrected chi connectivity index (χ2v) is 8.82. The van der Waals surface area contributed by atoms with Crippen LogP contribution in [0.25, 0.3) is 0 Å². The molecule has 0 saturated carbocycles. The number of esters is 1. The molecule has 0 heterocycles. The summed E-state index contributed by atoms with van der Waals surface area (Å²) in [7, 11) is -3.44. The molecule has 0 amide bonds. The molecule has 0 aliphatic heterocycles. The summed E-state index contributed by atoms with van der Waals surface area (Å²) in [5.74, 6) is -1.34. The fourth-order valence-corrected chi connectivity index (χ4v) is 2.77. The van der Waals surface area contributed by atoms with Gasteiger partial charge in [0.1, 0.15) is 11.4 Å². The van der Waals surface area contributed by atoms with E-state index in [1.807, 2.05) is 13.8 Å². The van der Waals surface area contributed by atoms with Crippen LogP contribution >= 0.6 is 0 Å². The van der Waals surface area contributed by atoms with Crippen LogP contribution in [0.5, 0.6) is 0 Å². The average Bonchev–Trinajstić information content (AvgIpc) is 2.21. The fraction of sp³-hybridized carbons (Fsp3) is 0.857. The van der Waals surface area contributed by atoms with Crippen molar-refractivity contribution in [3.8, 4) is 6.07 Å². The van der Waals surface area contributed by atoms with E-state index < -0.39 is 32.6 Å². The van der Waals surface area contributed by atoms with Gasteiger partial charge >= 0.3 is 5.97 Å². The molecule has 0 aromatic heterocycles. The summed E-state index contributed by atoms with van der Waals surface area (Å²) in [5.41, 5.74) is -1.11. The van der Waals surface area contributed by atoms with Crippen LogP contribution in [0.15, 0.2) is 0 Å². The van der Waals surface area contributed by atoms with Crippen LogP contribution in [-0.2, 0) is 19.4 Å². The Hall–Kier alpha value is -1.09. The SMILES string of the molecule is CC(C)(C#N)CCCCS(=O)(=O)CC(=O)OC(C)(C)C. The van der Waals surface area contributed by atoms with E-state index in [4.69, 9.17) is 10.00 Å². The molecule has 0 aromatic rings. The maximum absolute atomic E-state index is 11.8. The van der Waals surface area contributed by atoms with Crippen LogP contribution < -0.4 is 0 Å². The third kappa shape index (κ3) is 9.79. The van der Waals surface area contributed by atoms with Crippen molar-refractivity contribution in [1.82, 2.24) is 0 Å². The molecular weight excluding hydrogens is 278 g/mol. The van der Waals surface area contributed by atoms with Crippen molar-refractivity contribution in [2.75, 3.05) is 11.5 Å². The molecule has 0 aromatic carbocycles. The molecule has 0 saturated heterocycles. The Bertz CT molecular complexity index is 466. The van der Waals surface area contributed by atoms with Gasteiger partial charge in [-0.2, -0.15) is 5.26 Å². The van der Waals surface area contributed by atoms with E-state index >= 15 is 0 Å². The number of hydrogen-bond acceptors (Lipinski definition) is 5. The van der Waals surface area contributed by atoms with Crippen molar-refractivity contribution in [1.29, 1.82) is 5.26 Å². The van der Waals surface area contributed by atoms with Crippen molar-refractivity contribution in [3.05, 3.63) is 0 Å². The molecule has 0 unspecified atom stereocenters. The zero-order chi connectivity index (χ0) is 16.0. The molecule has 0 atom stereocenters. The van der Waals surface area contributed by atoms with Gasteiger partial charge in [-0.25, -0.2) is 8.42 Å². The van der Waals surface area contributed by atoms with Crippen molar-refractivity contribution >= 4 is 15.8 Å². The van der Waals surface area contributed by atoms with Gasteiger partial charge in [-0.15, -0.1) is 0 Å². The summed E-state index contributed by atoms with van der Waals surface area (Å²) in [4.78, 5) is 11.5. The molecule has 0 bridgehead atoms. The molecule has 5 nitrogen and oxygen atoms in total. The largest absolute Gasteiger partial charge is 0.459 e. The standard InChI is InChI=1S/C14H25NO4S/c1-13(2,3)19-12(16)10-20(17,18)9-7-6-8-14(4,5)11-15/h6-10H2,1-5H3. The lowest BCUT2D eigenvalue weighted by Gasteiger charge is -2.19. The van der Waals surface area contributed by atoms with E-state index in [1.54, 1.807) is 20.8 Å². The number of nitrogens with zero attached hydrogens (tertiary/aromatic N) is 1. The van der Waals surface area contributed by atoms with Crippen LogP contribution in [0.2, 0.25) is 0 Å². The number of carbonyl (C=O) groups excluding carboxylic acids is 1. The Labute approximate surface area is 122 Å². The maximum Gasteiger partial charge on any atom is 0.321 e. The topological polar surface area (TPSA) is 84.2 Å². The van der Waals surface area contributed by atoms with Gasteiger partial charge in [0.2, 0.25) is 0 Å². The smallest absolute Gasteiger partial charge is 0.321 e. The summed E-state index contributed by atoms with van der Waals surface area (Å²) < 4.78 is 28.5. The zero-order valence-electron chi connectivity index (χ0n) is 13.0. The molecule has 6 heteroatoms. The molecule has 0 fully saturated rings. The predicted octanol–water partition coefficient (Wildman–Crippen LogP) is 2.46. The summed E-state index contributed by atoms with van der Waals surface area (Å²) in [6, 6.07) is 2.17. The second kappa shape index (κ2) is 7.07. The highest BCUT2D eigenvalue weighted by molar-refractivity contribution is 7.92. The Morgan fingerprint density at radius 1 is 1.15 bits per heavy atom. The molecule has 0 N–H and O–H groups in total. The third-order valence-corrected chi connectivity index (χ3v) is 4.15. The number of ether oxygens (including phenoxy) is 1. The summed E-state index contributed by atoms with van der Waals surface area (Å²) in [5, 5.41) is 8.85. The second-order valence-electron chi connectivity index (χ2n) is 6.63. The van der Waals surface area contributed by atoms with Gasteiger partial charge in [-0.3, -0.25) is 4.79 Å². The number of carbonyl (C=O) groups is 1. The molecule has 0 radical (unpaired) electrons. The Morgan fingerprint density at radius 3 is 2.15 bits per heavy atom. The first kappa shape index (κ1) is 18.9. The lowest BCUT2D eigenvalue weighted by molar-refractivity contribution is -0.151. The van der Waals surface area contributed by atoms with E-state index in [0.29, 0.717) is 19.3 Å². The Kier molecular flexibility index (Phi) is 6.69. The van der Waals surface area contributed by atoms with Gasteiger partial charge in [0.25, 0.3) is 0 Å². The molecule has 0 rings (SSSR count). The minimum absolute atomic E-state index is 0.0479. The highest BCUT2D eigenvalue weighted by Gasteiger charge is 2.23. The van der Waals surface area contributed by atoms with Gasteiger partial charge in [-0.05, 0) is 47.5 Å². The first-order valence-corrected chi connectivity index (χ1v) is 8.53. The zero-order valence-corrected chi connectivity index (χ0v) is 13.8. The van der Waals surface area contributed by atoms with E-state index in [-0.39, 0.29) is 5.75 Å². The van der Waals surface area contributed by atoms with Crippen molar-refractivity contribution in [2.45, 2.75) is 59.5 Å². The lowest BCUT2D eigenvalue weighted by Crippen LogP contribution is -2.29. The van der Waals surface area contributed by atoms with Gasteiger partial charge in [0.15, 0.2) is 9.84 Å². The molecule has 20 heavy (non-hydrogen) atoms. The Balaban J connectivity index is 4.16. The lowest BCUT2D eigenvalue weighted by atomic mass is 9.89. The third-order valence-electron chi connectivity index (χ3n) is 2.57. The van der Waals surface area contributed by atoms with Crippen LogP contribution in [0, 0.1) is 16.7 Å². The van der Waals surface area contributed by atoms with Gasteiger partial charge in [0.05, 0.1) is 17.2 Å². The molecule has 0 aliphatic carbocycles. The minimum atomic E-state index is -3.44. The average molecular weight is 303 g/mol. The normalized spacial score (nSPS) is 12.8. The van der Waals surface area contributed by atoms with Gasteiger partial charge < -0.3 is 4.74 Å². The van der Waals surface area contributed by atoms with Crippen LogP contribution in [-0.4, -0.2) is 31.5 Å². The summed E-state index contributed by atoms with van der Waals surface area (Å²) >= 11 is 0. The predicted molar refractivity (Wildman–Crippen MR) is 77.7 cm³/mol. The monoisotopic (exact) mass is 303 g/mol. The molecular formula is C14H25NO4S. The highest BCUT2D eigenvalue weighted by atomic mass is 32.2. The number of sulfone groups is 1. The maximum atomic E-state index is 11.8. The fourth-order valence-electron chi connectivity index (χ4n) is 1.57. The van der Waals surface area contributed by atoms with Gasteiger partial charge in [0, 0.05) is 0 Å². The first-order chi connectivity index (χ1) is 8.87. The molecule has 0 aliphatic rings. The van der Waals surface area contributed by atoms with Crippen molar-refractivity contribution in [2.24, 2.45) is 5.41 Å². The van der Waals surface area contributed by atoms with E-state index in [1.165, 1.54) is 0 Å². The highest BCUT2D eigenvalue weighted by Crippen LogP contribution is 2.21. The van der Waals surface area contributed by atoms with E-state index in [0.717, 1.165) is 0 Å². The van der Waals surface area contributed by atoms with Crippen LogP contribution in [0.3, 0.4) is 0 Å². The number of unbranched alkanes of at least 4 members (excludes halogenated alkanes) is 1. The first-order valence-electron chi connectivity index (χ1n) is 6.70. The van der Waals surface area contributed by atoms with E-state index in [9.17, 15) is 13.2 Å². The van der Waals surface area contributed by atoms with Gasteiger partial charge in [-0.1, -0.05) is 6.42 Å².